The summed E-state index contributed by atoms with van der Waals surface area (Å²) in [5.74, 6) is 0.265. The monoisotopic (exact) mass is 335 g/mol. The molecule has 2 aromatic carbocycles. The lowest BCUT2D eigenvalue weighted by Crippen LogP contribution is -2.05. The number of hydrogen-bond donors (Lipinski definition) is 2. The van der Waals surface area contributed by atoms with Gasteiger partial charge < -0.3 is 16.2 Å². The SMILES string of the molecule is N#Cc1c(N)nc(N)nc1-c1ccc(OCc2ccccc2F)cc1. The minimum absolute atomic E-state index is 0.00798. The zero-order valence-corrected chi connectivity index (χ0v) is 13.1. The van der Waals surface area contributed by atoms with E-state index >= 15 is 0 Å². The molecule has 0 fully saturated rings. The molecule has 1 aromatic heterocycles. The molecule has 3 rings (SSSR count). The summed E-state index contributed by atoms with van der Waals surface area (Å²) >= 11 is 0. The third-order valence-electron chi connectivity index (χ3n) is 3.55. The third-order valence-corrected chi connectivity index (χ3v) is 3.55. The molecular weight excluding hydrogens is 321 g/mol. The van der Waals surface area contributed by atoms with Crippen molar-refractivity contribution in [2.45, 2.75) is 6.61 Å². The number of nitrogens with two attached hydrogens (primary N) is 2. The van der Waals surface area contributed by atoms with E-state index < -0.39 is 0 Å². The maximum atomic E-state index is 13.6. The number of nitriles is 1. The second-order valence-corrected chi connectivity index (χ2v) is 5.21. The summed E-state index contributed by atoms with van der Waals surface area (Å²) < 4.78 is 19.2. The van der Waals surface area contributed by atoms with E-state index in [9.17, 15) is 9.65 Å². The number of halogens is 1. The van der Waals surface area contributed by atoms with Crippen LogP contribution < -0.4 is 16.2 Å². The molecule has 7 heteroatoms. The Kier molecular flexibility index (Phi) is 4.44. The van der Waals surface area contributed by atoms with Crippen LogP contribution in [0.4, 0.5) is 16.2 Å². The molecule has 0 spiro atoms. The topological polar surface area (TPSA) is 111 Å². The number of rotatable bonds is 4. The van der Waals surface area contributed by atoms with Crippen LogP contribution in [0.2, 0.25) is 0 Å². The maximum absolute atomic E-state index is 13.6. The first-order chi connectivity index (χ1) is 12.1. The number of aromatic nitrogens is 2. The van der Waals surface area contributed by atoms with Crippen LogP contribution in [0, 0.1) is 17.1 Å². The van der Waals surface area contributed by atoms with Gasteiger partial charge in [-0.05, 0) is 30.3 Å². The van der Waals surface area contributed by atoms with Crippen LogP contribution in [0.1, 0.15) is 11.1 Å². The van der Waals surface area contributed by atoms with Crippen LogP contribution in [-0.2, 0) is 6.61 Å². The molecular formula is C18H14FN5O. The smallest absolute Gasteiger partial charge is 0.222 e. The highest BCUT2D eigenvalue weighted by molar-refractivity contribution is 5.73. The van der Waals surface area contributed by atoms with E-state index in [1.165, 1.54) is 6.07 Å². The first-order valence-corrected chi connectivity index (χ1v) is 7.38. The summed E-state index contributed by atoms with van der Waals surface area (Å²) in [6, 6.07) is 15.2. The molecule has 0 aliphatic heterocycles. The van der Waals surface area contributed by atoms with E-state index in [0.717, 1.165) is 0 Å². The molecule has 0 saturated carbocycles. The van der Waals surface area contributed by atoms with Gasteiger partial charge >= 0.3 is 0 Å². The Morgan fingerprint density at radius 1 is 1.04 bits per heavy atom. The van der Waals surface area contributed by atoms with Crippen LogP contribution in [-0.4, -0.2) is 9.97 Å². The lowest BCUT2D eigenvalue weighted by molar-refractivity contribution is 0.300. The van der Waals surface area contributed by atoms with Crippen molar-refractivity contribution in [3.8, 4) is 23.1 Å². The Balaban J connectivity index is 1.82. The Morgan fingerprint density at radius 2 is 1.76 bits per heavy atom. The van der Waals surface area contributed by atoms with Crippen LogP contribution in [0.25, 0.3) is 11.3 Å². The van der Waals surface area contributed by atoms with Gasteiger partial charge in [-0.15, -0.1) is 0 Å². The van der Waals surface area contributed by atoms with Gasteiger partial charge in [0.15, 0.2) is 0 Å². The molecule has 0 atom stereocenters. The lowest BCUT2D eigenvalue weighted by Gasteiger charge is -2.09. The van der Waals surface area contributed by atoms with Gasteiger partial charge in [-0.1, -0.05) is 18.2 Å². The molecule has 0 unspecified atom stereocenters. The number of nitrogens with zero attached hydrogens (tertiary/aromatic N) is 3. The van der Waals surface area contributed by atoms with Gasteiger partial charge in [-0.2, -0.15) is 10.2 Å². The van der Waals surface area contributed by atoms with Crippen LogP contribution >= 0.6 is 0 Å². The summed E-state index contributed by atoms with van der Waals surface area (Å²) in [6.07, 6.45) is 0. The van der Waals surface area contributed by atoms with E-state index in [-0.39, 0.29) is 29.8 Å². The first-order valence-electron chi connectivity index (χ1n) is 7.38. The molecule has 0 amide bonds. The minimum Gasteiger partial charge on any atom is -0.489 e. The van der Waals surface area contributed by atoms with E-state index in [1.807, 2.05) is 6.07 Å². The summed E-state index contributed by atoms with van der Waals surface area (Å²) in [6.45, 7) is 0.114. The van der Waals surface area contributed by atoms with Gasteiger partial charge in [0.05, 0.1) is 5.69 Å². The predicted octanol–water partition coefficient (Wildman–Crippen LogP) is 2.90. The second-order valence-electron chi connectivity index (χ2n) is 5.21. The number of benzene rings is 2. The second kappa shape index (κ2) is 6.84. The Labute approximate surface area is 143 Å². The van der Waals surface area contributed by atoms with E-state index in [1.54, 1.807) is 42.5 Å². The molecule has 0 aliphatic carbocycles. The summed E-state index contributed by atoms with van der Waals surface area (Å²) in [5, 5.41) is 9.23. The average Bonchev–Trinajstić information content (AvgIpc) is 2.61. The van der Waals surface area contributed by atoms with Crippen molar-refractivity contribution >= 4 is 11.8 Å². The molecule has 25 heavy (non-hydrogen) atoms. The van der Waals surface area contributed by atoms with Gasteiger partial charge in [-0.3, -0.25) is 0 Å². The summed E-state index contributed by atoms with van der Waals surface area (Å²) in [4.78, 5) is 7.86. The fourth-order valence-corrected chi connectivity index (χ4v) is 2.30. The molecule has 1 heterocycles. The summed E-state index contributed by atoms with van der Waals surface area (Å²) in [7, 11) is 0. The molecule has 0 aliphatic rings. The van der Waals surface area contributed by atoms with E-state index in [0.29, 0.717) is 22.6 Å². The number of nitrogen functional groups attached to an aromatic ring is 2. The van der Waals surface area contributed by atoms with E-state index in [4.69, 9.17) is 16.2 Å². The highest BCUT2D eigenvalue weighted by Crippen LogP contribution is 2.27. The maximum Gasteiger partial charge on any atom is 0.222 e. The molecule has 6 nitrogen and oxygen atoms in total. The highest BCUT2D eigenvalue weighted by Gasteiger charge is 2.13. The van der Waals surface area contributed by atoms with Crippen molar-refractivity contribution in [2.75, 3.05) is 11.5 Å². The molecule has 124 valence electrons. The molecule has 0 radical (unpaired) electrons. The zero-order chi connectivity index (χ0) is 17.8. The van der Waals surface area contributed by atoms with Gasteiger partial charge in [0.1, 0.15) is 35.6 Å². The zero-order valence-electron chi connectivity index (χ0n) is 13.1. The average molecular weight is 335 g/mol. The molecule has 4 N–H and O–H groups in total. The quantitative estimate of drug-likeness (QED) is 0.758. The van der Waals surface area contributed by atoms with E-state index in [2.05, 4.69) is 9.97 Å². The Bertz CT molecular complexity index is 951. The fourth-order valence-electron chi connectivity index (χ4n) is 2.30. The predicted molar refractivity (Wildman–Crippen MR) is 91.7 cm³/mol. The van der Waals surface area contributed by atoms with Crippen LogP contribution in [0.5, 0.6) is 5.75 Å². The van der Waals surface area contributed by atoms with Crippen LogP contribution in [0.15, 0.2) is 48.5 Å². The molecule has 3 aromatic rings. The standard InChI is InChI=1S/C18H14FN5O/c19-15-4-2-1-3-12(15)10-25-13-7-5-11(6-8-13)16-14(9-20)17(21)24-18(22)23-16/h1-8H,10H2,(H4,21,22,23,24). The van der Waals surface area contributed by atoms with Crippen molar-refractivity contribution in [1.29, 1.82) is 5.26 Å². The highest BCUT2D eigenvalue weighted by atomic mass is 19.1. The first kappa shape index (κ1) is 16.2. The van der Waals surface area contributed by atoms with Crippen molar-refractivity contribution in [1.82, 2.24) is 9.97 Å². The number of anilines is 2. The third kappa shape index (κ3) is 3.48. The lowest BCUT2D eigenvalue weighted by atomic mass is 10.1. The van der Waals surface area contributed by atoms with Crippen molar-refractivity contribution < 1.29 is 9.13 Å². The van der Waals surface area contributed by atoms with Gasteiger partial charge in [0, 0.05) is 11.1 Å². The Morgan fingerprint density at radius 3 is 2.44 bits per heavy atom. The van der Waals surface area contributed by atoms with Crippen LogP contribution in [0.3, 0.4) is 0 Å². The summed E-state index contributed by atoms with van der Waals surface area (Å²) in [5.41, 5.74) is 12.9. The Hall–Kier alpha value is -3.66. The number of hydrogen-bond acceptors (Lipinski definition) is 6. The number of ether oxygens (including phenoxy) is 1. The largest absolute Gasteiger partial charge is 0.489 e. The fraction of sp³-hybridized carbons (Fsp3) is 0.0556. The van der Waals surface area contributed by atoms with Gasteiger partial charge in [0.25, 0.3) is 0 Å². The van der Waals surface area contributed by atoms with Crippen molar-refractivity contribution in [3.63, 3.8) is 0 Å². The van der Waals surface area contributed by atoms with Gasteiger partial charge in [-0.25, -0.2) is 9.37 Å². The molecule has 0 bridgehead atoms. The van der Waals surface area contributed by atoms with Crippen molar-refractivity contribution in [2.24, 2.45) is 0 Å². The molecule has 0 saturated heterocycles. The minimum atomic E-state index is -0.315. The van der Waals surface area contributed by atoms with Crippen molar-refractivity contribution in [3.05, 3.63) is 65.5 Å². The van der Waals surface area contributed by atoms with Gasteiger partial charge in [0.2, 0.25) is 5.95 Å². The normalized spacial score (nSPS) is 10.2.